The summed E-state index contributed by atoms with van der Waals surface area (Å²) in [5.41, 5.74) is 5.42. The lowest BCUT2D eigenvalue weighted by atomic mass is 10.3. The van der Waals surface area contributed by atoms with Crippen LogP contribution in [-0.4, -0.2) is 67.1 Å². The molecule has 2 aliphatic rings. The third kappa shape index (κ3) is 3.56. The van der Waals surface area contributed by atoms with Crippen molar-refractivity contribution >= 4 is 15.9 Å². The van der Waals surface area contributed by atoms with Crippen molar-refractivity contribution in [3.63, 3.8) is 0 Å². The second-order valence-corrected chi connectivity index (χ2v) is 7.00. The van der Waals surface area contributed by atoms with Gasteiger partial charge in [0.05, 0.1) is 12.3 Å². The molecule has 1 heterocycles. The first-order valence-corrected chi connectivity index (χ1v) is 7.79. The van der Waals surface area contributed by atoms with Gasteiger partial charge in [0.25, 0.3) is 0 Å². The predicted octanol–water partition coefficient (Wildman–Crippen LogP) is -0.910. The van der Waals surface area contributed by atoms with Crippen molar-refractivity contribution in [2.45, 2.75) is 12.8 Å². The Labute approximate surface area is 107 Å². The van der Waals surface area contributed by atoms with Gasteiger partial charge in [0.2, 0.25) is 10.0 Å². The van der Waals surface area contributed by atoms with E-state index < -0.39 is 10.0 Å². The summed E-state index contributed by atoms with van der Waals surface area (Å²) < 4.78 is 25.6. The molecular weight excluding hydrogens is 256 g/mol. The minimum absolute atomic E-state index is 0.157. The number of hydrogen-bond donors (Lipinski definition) is 2. The molecule has 7 nitrogen and oxygen atoms in total. The molecule has 1 saturated carbocycles. The van der Waals surface area contributed by atoms with Crippen LogP contribution in [0, 0.1) is 5.92 Å². The summed E-state index contributed by atoms with van der Waals surface area (Å²) in [6.07, 6.45) is 2.09. The highest BCUT2D eigenvalue weighted by molar-refractivity contribution is 7.89. The SMILES string of the molecule is NC(CN1CCN(S(=O)(=O)CC2CC2)CC1)=NO. The van der Waals surface area contributed by atoms with Gasteiger partial charge in [-0.15, -0.1) is 0 Å². The quantitative estimate of drug-likeness (QED) is 0.293. The molecule has 0 unspecified atom stereocenters. The highest BCUT2D eigenvalue weighted by Gasteiger charge is 2.33. The van der Waals surface area contributed by atoms with Crippen molar-refractivity contribution < 1.29 is 13.6 Å². The lowest BCUT2D eigenvalue weighted by molar-refractivity contribution is 0.206. The molecule has 0 amide bonds. The first kappa shape index (κ1) is 13.6. The number of rotatable bonds is 5. The maximum Gasteiger partial charge on any atom is 0.214 e. The molecule has 0 aromatic rings. The van der Waals surface area contributed by atoms with E-state index in [9.17, 15) is 8.42 Å². The second-order valence-electron chi connectivity index (χ2n) is 4.99. The fourth-order valence-electron chi connectivity index (χ4n) is 2.11. The molecule has 104 valence electrons. The largest absolute Gasteiger partial charge is 0.409 e. The molecule has 2 fully saturated rings. The Balaban J connectivity index is 1.82. The lowest BCUT2D eigenvalue weighted by Gasteiger charge is -2.33. The van der Waals surface area contributed by atoms with Gasteiger partial charge >= 0.3 is 0 Å². The molecule has 0 spiro atoms. The van der Waals surface area contributed by atoms with Crippen LogP contribution in [0.4, 0.5) is 0 Å². The molecule has 0 aromatic heterocycles. The minimum Gasteiger partial charge on any atom is -0.409 e. The van der Waals surface area contributed by atoms with Crippen molar-refractivity contribution in [2.24, 2.45) is 16.8 Å². The van der Waals surface area contributed by atoms with Crippen molar-refractivity contribution in [3.05, 3.63) is 0 Å². The Bertz CT molecular complexity index is 411. The van der Waals surface area contributed by atoms with Crippen LogP contribution in [0.3, 0.4) is 0 Å². The third-order valence-electron chi connectivity index (χ3n) is 3.38. The minimum atomic E-state index is -3.08. The van der Waals surface area contributed by atoms with Gasteiger partial charge in [-0.25, -0.2) is 8.42 Å². The van der Waals surface area contributed by atoms with E-state index in [-0.39, 0.29) is 5.84 Å². The molecule has 1 aliphatic carbocycles. The molecule has 1 saturated heterocycles. The van der Waals surface area contributed by atoms with Crippen LogP contribution in [0.5, 0.6) is 0 Å². The van der Waals surface area contributed by atoms with E-state index in [1.165, 1.54) is 0 Å². The first-order chi connectivity index (χ1) is 8.51. The molecule has 0 bridgehead atoms. The number of nitrogens with two attached hydrogens (primary N) is 1. The molecule has 2 rings (SSSR count). The monoisotopic (exact) mass is 276 g/mol. The summed E-state index contributed by atoms with van der Waals surface area (Å²) in [5, 5.41) is 11.4. The number of hydrogen-bond acceptors (Lipinski definition) is 5. The summed E-state index contributed by atoms with van der Waals surface area (Å²) >= 11 is 0. The Morgan fingerprint density at radius 2 is 1.89 bits per heavy atom. The van der Waals surface area contributed by atoms with E-state index in [0.717, 1.165) is 12.8 Å². The van der Waals surface area contributed by atoms with Gasteiger partial charge in [-0.2, -0.15) is 4.31 Å². The Kier molecular flexibility index (Phi) is 4.08. The van der Waals surface area contributed by atoms with E-state index in [1.807, 2.05) is 4.90 Å². The van der Waals surface area contributed by atoms with E-state index in [4.69, 9.17) is 10.9 Å². The van der Waals surface area contributed by atoms with Gasteiger partial charge < -0.3 is 10.9 Å². The summed E-state index contributed by atoms with van der Waals surface area (Å²) in [7, 11) is -3.08. The zero-order chi connectivity index (χ0) is 13.2. The second kappa shape index (κ2) is 5.41. The highest BCUT2D eigenvalue weighted by atomic mass is 32.2. The molecule has 0 atom stereocenters. The summed E-state index contributed by atoms with van der Waals surface area (Å²) in [5.74, 6) is 0.835. The Hall–Kier alpha value is -0.860. The number of oxime groups is 1. The van der Waals surface area contributed by atoms with Crippen molar-refractivity contribution in [1.82, 2.24) is 9.21 Å². The van der Waals surface area contributed by atoms with E-state index in [1.54, 1.807) is 4.31 Å². The molecule has 3 N–H and O–H groups in total. The smallest absolute Gasteiger partial charge is 0.214 e. The maximum absolute atomic E-state index is 12.0. The molecule has 0 aromatic carbocycles. The normalized spacial score (nSPS) is 24.3. The fraction of sp³-hybridized carbons (Fsp3) is 0.900. The number of piperazine rings is 1. The van der Waals surface area contributed by atoms with Crippen LogP contribution >= 0.6 is 0 Å². The van der Waals surface area contributed by atoms with Crippen LogP contribution in [0.25, 0.3) is 0 Å². The first-order valence-electron chi connectivity index (χ1n) is 6.18. The van der Waals surface area contributed by atoms with Gasteiger partial charge in [0, 0.05) is 26.2 Å². The van der Waals surface area contributed by atoms with Gasteiger partial charge in [0.15, 0.2) is 5.84 Å². The summed E-state index contributed by atoms with van der Waals surface area (Å²) in [4.78, 5) is 1.98. The van der Waals surface area contributed by atoms with Crippen molar-refractivity contribution in [3.8, 4) is 0 Å². The topological polar surface area (TPSA) is 99.2 Å². The van der Waals surface area contributed by atoms with Gasteiger partial charge in [0.1, 0.15) is 0 Å². The maximum atomic E-state index is 12.0. The summed E-state index contributed by atoms with van der Waals surface area (Å²) in [6, 6.07) is 0. The average Bonchev–Trinajstić information content (AvgIpc) is 3.13. The Morgan fingerprint density at radius 3 is 2.39 bits per heavy atom. The van der Waals surface area contributed by atoms with E-state index in [2.05, 4.69) is 5.16 Å². The highest BCUT2D eigenvalue weighted by Crippen LogP contribution is 2.31. The zero-order valence-electron chi connectivity index (χ0n) is 10.3. The summed E-state index contributed by atoms with van der Waals surface area (Å²) in [6.45, 7) is 2.62. The number of sulfonamides is 1. The van der Waals surface area contributed by atoms with E-state index in [0.29, 0.717) is 44.4 Å². The van der Waals surface area contributed by atoms with Crippen LogP contribution in [-0.2, 0) is 10.0 Å². The van der Waals surface area contributed by atoms with Crippen LogP contribution < -0.4 is 5.73 Å². The standard InChI is InChI=1S/C10H20N4O3S/c11-10(12-15)7-13-3-5-14(6-4-13)18(16,17)8-9-1-2-9/h9,15H,1-8H2,(H2,11,12). The lowest BCUT2D eigenvalue weighted by Crippen LogP contribution is -2.51. The molecule has 1 aliphatic heterocycles. The zero-order valence-corrected chi connectivity index (χ0v) is 11.1. The average molecular weight is 276 g/mol. The number of nitrogens with zero attached hydrogens (tertiary/aromatic N) is 3. The molecule has 0 radical (unpaired) electrons. The van der Waals surface area contributed by atoms with Crippen LogP contribution in [0.1, 0.15) is 12.8 Å². The fourth-order valence-corrected chi connectivity index (χ4v) is 3.97. The van der Waals surface area contributed by atoms with Gasteiger partial charge in [-0.1, -0.05) is 5.16 Å². The van der Waals surface area contributed by atoms with Crippen LogP contribution in [0.15, 0.2) is 5.16 Å². The Morgan fingerprint density at radius 1 is 1.28 bits per heavy atom. The number of amidine groups is 1. The predicted molar refractivity (Wildman–Crippen MR) is 67.9 cm³/mol. The van der Waals surface area contributed by atoms with Gasteiger partial charge in [-0.05, 0) is 18.8 Å². The van der Waals surface area contributed by atoms with Crippen molar-refractivity contribution in [2.75, 3.05) is 38.5 Å². The molecule has 18 heavy (non-hydrogen) atoms. The third-order valence-corrected chi connectivity index (χ3v) is 5.43. The van der Waals surface area contributed by atoms with Crippen molar-refractivity contribution in [1.29, 1.82) is 0 Å². The van der Waals surface area contributed by atoms with Crippen LogP contribution in [0.2, 0.25) is 0 Å². The van der Waals surface area contributed by atoms with Gasteiger partial charge in [-0.3, -0.25) is 4.90 Å². The molecule has 8 heteroatoms. The van der Waals surface area contributed by atoms with E-state index >= 15 is 0 Å². The molecular formula is C10H20N4O3S.